The quantitative estimate of drug-likeness (QED) is 0.618. The summed E-state index contributed by atoms with van der Waals surface area (Å²) in [6, 6.07) is 12.3. The summed E-state index contributed by atoms with van der Waals surface area (Å²) in [5.41, 5.74) is 6.44. The first-order valence-corrected chi connectivity index (χ1v) is 10.1. The van der Waals surface area contributed by atoms with Crippen molar-refractivity contribution in [2.75, 3.05) is 11.1 Å². The monoisotopic (exact) mass is 383 g/mol. The third kappa shape index (κ3) is 4.51. The van der Waals surface area contributed by atoms with Gasteiger partial charge in [0.05, 0.1) is 5.75 Å². The molecule has 1 amide bonds. The summed E-state index contributed by atoms with van der Waals surface area (Å²) < 4.78 is 5.21. The summed E-state index contributed by atoms with van der Waals surface area (Å²) in [6.45, 7) is 8.14. The molecular formula is C20H21N3OS2. The Kier molecular flexibility index (Phi) is 5.74. The average molecular weight is 384 g/mol. The number of aromatic nitrogens is 2. The van der Waals surface area contributed by atoms with Crippen LogP contribution in [0, 0.1) is 27.7 Å². The predicted molar refractivity (Wildman–Crippen MR) is 110 cm³/mol. The first kappa shape index (κ1) is 18.6. The molecule has 4 nitrogen and oxygen atoms in total. The summed E-state index contributed by atoms with van der Waals surface area (Å²) in [4.78, 5) is 16.9. The van der Waals surface area contributed by atoms with Gasteiger partial charge in [-0.3, -0.25) is 4.79 Å². The molecule has 3 aromatic rings. The van der Waals surface area contributed by atoms with Crippen LogP contribution in [0.3, 0.4) is 0 Å². The first-order chi connectivity index (χ1) is 12.4. The van der Waals surface area contributed by atoms with Crippen molar-refractivity contribution in [3.05, 3.63) is 58.7 Å². The van der Waals surface area contributed by atoms with Crippen molar-refractivity contribution in [3.63, 3.8) is 0 Å². The van der Waals surface area contributed by atoms with Gasteiger partial charge >= 0.3 is 0 Å². The Morgan fingerprint density at radius 2 is 1.81 bits per heavy atom. The predicted octanol–water partition coefficient (Wildman–Crippen LogP) is 5.17. The molecule has 6 heteroatoms. The van der Waals surface area contributed by atoms with E-state index < -0.39 is 0 Å². The molecule has 0 aliphatic carbocycles. The van der Waals surface area contributed by atoms with Crippen molar-refractivity contribution in [2.45, 2.75) is 32.0 Å². The number of hydrogen-bond acceptors (Lipinski definition) is 5. The number of rotatable bonds is 5. The van der Waals surface area contributed by atoms with E-state index >= 15 is 0 Å². The van der Waals surface area contributed by atoms with Crippen LogP contribution in [0.4, 0.5) is 5.69 Å². The minimum absolute atomic E-state index is 0.0302. The van der Waals surface area contributed by atoms with E-state index in [-0.39, 0.29) is 5.91 Å². The van der Waals surface area contributed by atoms with Crippen molar-refractivity contribution in [1.82, 2.24) is 9.36 Å². The van der Waals surface area contributed by atoms with Crippen LogP contribution in [0.15, 0.2) is 40.7 Å². The van der Waals surface area contributed by atoms with Gasteiger partial charge in [-0.2, -0.15) is 4.37 Å². The minimum atomic E-state index is -0.0302. The fourth-order valence-corrected chi connectivity index (χ4v) is 4.26. The topological polar surface area (TPSA) is 54.9 Å². The van der Waals surface area contributed by atoms with Crippen LogP contribution in [0.2, 0.25) is 0 Å². The molecule has 1 aromatic heterocycles. The Bertz CT molecular complexity index is 927. The van der Waals surface area contributed by atoms with E-state index in [2.05, 4.69) is 39.8 Å². The molecule has 0 spiro atoms. The standard InChI is InChI=1S/C20H21N3OS2/c1-12-6-5-7-16(10-12)19-22-20(26-23-19)25-11-17(24)21-18-14(3)8-13(2)9-15(18)4/h5-10H,11H2,1-4H3,(H,21,24). The molecular weight excluding hydrogens is 362 g/mol. The summed E-state index contributed by atoms with van der Waals surface area (Å²) in [7, 11) is 0. The molecule has 0 saturated heterocycles. The van der Waals surface area contributed by atoms with E-state index in [9.17, 15) is 4.79 Å². The lowest BCUT2D eigenvalue weighted by Crippen LogP contribution is -2.15. The van der Waals surface area contributed by atoms with Gasteiger partial charge < -0.3 is 5.32 Å². The number of nitrogens with one attached hydrogen (secondary N) is 1. The first-order valence-electron chi connectivity index (χ1n) is 8.33. The summed E-state index contributed by atoms with van der Waals surface area (Å²) in [6.07, 6.45) is 0. The van der Waals surface area contributed by atoms with Gasteiger partial charge in [-0.1, -0.05) is 53.2 Å². The van der Waals surface area contributed by atoms with E-state index in [1.165, 1.54) is 34.4 Å². The summed E-state index contributed by atoms with van der Waals surface area (Å²) >= 11 is 2.74. The summed E-state index contributed by atoms with van der Waals surface area (Å²) in [5.74, 6) is 0.999. The van der Waals surface area contributed by atoms with E-state index in [1.807, 2.05) is 39.0 Å². The van der Waals surface area contributed by atoms with Crippen LogP contribution >= 0.6 is 23.3 Å². The molecule has 1 heterocycles. The Labute approximate surface area is 162 Å². The van der Waals surface area contributed by atoms with Gasteiger partial charge in [0.25, 0.3) is 0 Å². The minimum Gasteiger partial charge on any atom is -0.325 e. The van der Waals surface area contributed by atoms with Crippen LogP contribution in [0.5, 0.6) is 0 Å². The summed E-state index contributed by atoms with van der Waals surface area (Å²) in [5, 5.41) is 3.02. The lowest BCUT2D eigenvalue weighted by atomic mass is 10.1. The lowest BCUT2D eigenvalue weighted by Gasteiger charge is -2.12. The van der Waals surface area contributed by atoms with Crippen LogP contribution in [-0.4, -0.2) is 21.0 Å². The fourth-order valence-electron chi connectivity index (χ4n) is 2.85. The maximum absolute atomic E-state index is 12.3. The molecule has 0 atom stereocenters. The Morgan fingerprint density at radius 3 is 2.50 bits per heavy atom. The number of thioether (sulfide) groups is 1. The molecule has 134 valence electrons. The average Bonchev–Trinajstić information content (AvgIpc) is 3.05. The number of anilines is 1. The highest BCUT2D eigenvalue weighted by Crippen LogP contribution is 2.26. The second-order valence-corrected chi connectivity index (χ2v) is 8.34. The van der Waals surface area contributed by atoms with Gasteiger partial charge in [-0.15, -0.1) is 0 Å². The zero-order valence-electron chi connectivity index (χ0n) is 15.3. The van der Waals surface area contributed by atoms with Gasteiger partial charge in [0, 0.05) is 11.3 Å². The van der Waals surface area contributed by atoms with Gasteiger partial charge in [-0.05, 0) is 56.4 Å². The van der Waals surface area contributed by atoms with E-state index in [0.29, 0.717) is 11.6 Å². The van der Waals surface area contributed by atoms with Crippen molar-refractivity contribution >= 4 is 34.9 Å². The van der Waals surface area contributed by atoms with Gasteiger partial charge in [-0.25, -0.2) is 4.98 Å². The largest absolute Gasteiger partial charge is 0.325 e. The number of aryl methyl sites for hydroxylation is 4. The Hall–Kier alpha value is -2.18. The molecule has 2 aromatic carbocycles. The van der Waals surface area contributed by atoms with Gasteiger partial charge in [0.15, 0.2) is 10.2 Å². The van der Waals surface area contributed by atoms with Gasteiger partial charge in [0.1, 0.15) is 0 Å². The maximum Gasteiger partial charge on any atom is 0.234 e. The number of carbonyl (C=O) groups excluding carboxylic acids is 1. The second kappa shape index (κ2) is 8.01. The molecule has 3 rings (SSSR count). The highest BCUT2D eigenvalue weighted by atomic mass is 32.2. The molecule has 26 heavy (non-hydrogen) atoms. The van der Waals surface area contributed by atoms with Gasteiger partial charge in [0.2, 0.25) is 5.91 Å². The molecule has 0 radical (unpaired) electrons. The molecule has 0 unspecified atom stereocenters. The molecule has 0 bridgehead atoms. The Balaban J connectivity index is 1.62. The number of carbonyl (C=O) groups is 1. The highest BCUT2D eigenvalue weighted by molar-refractivity contribution is 8.01. The lowest BCUT2D eigenvalue weighted by molar-refractivity contribution is -0.113. The molecule has 1 N–H and O–H groups in total. The second-order valence-electron chi connectivity index (χ2n) is 6.36. The van der Waals surface area contributed by atoms with Crippen molar-refractivity contribution in [3.8, 4) is 11.4 Å². The SMILES string of the molecule is Cc1cccc(-c2nsc(SCC(=O)Nc3c(C)cc(C)cc3C)n2)c1. The third-order valence-corrected chi connectivity index (χ3v) is 5.79. The van der Waals surface area contributed by atoms with E-state index in [0.717, 1.165) is 26.7 Å². The fraction of sp³-hybridized carbons (Fsp3) is 0.250. The Morgan fingerprint density at radius 1 is 1.08 bits per heavy atom. The van der Waals surface area contributed by atoms with Crippen LogP contribution < -0.4 is 5.32 Å². The van der Waals surface area contributed by atoms with Crippen LogP contribution in [-0.2, 0) is 4.79 Å². The molecule has 0 saturated carbocycles. The van der Waals surface area contributed by atoms with E-state index in [1.54, 1.807) is 0 Å². The molecule has 0 aliphatic rings. The molecule has 0 fully saturated rings. The van der Waals surface area contributed by atoms with Crippen molar-refractivity contribution < 1.29 is 4.79 Å². The van der Waals surface area contributed by atoms with Crippen molar-refractivity contribution in [1.29, 1.82) is 0 Å². The number of nitrogens with zero attached hydrogens (tertiary/aromatic N) is 2. The molecule has 0 aliphatic heterocycles. The van der Waals surface area contributed by atoms with Crippen molar-refractivity contribution in [2.24, 2.45) is 0 Å². The zero-order chi connectivity index (χ0) is 18.7. The van der Waals surface area contributed by atoms with Crippen LogP contribution in [0.25, 0.3) is 11.4 Å². The number of amides is 1. The van der Waals surface area contributed by atoms with Crippen LogP contribution in [0.1, 0.15) is 22.3 Å². The zero-order valence-corrected chi connectivity index (χ0v) is 16.9. The normalized spacial score (nSPS) is 10.8. The van der Waals surface area contributed by atoms with E-state index in [4.69, 9.17) is 0 Å². The third-order valence-electron chi connectivity index (χ3n) is 3.95. The number of benzene rings is 2. The highest BCUT2D eigenvalue weighted by Gasteiger charge is 2.12. The maximum atomic E-state index is 12.3. The smallest absolute Gasteiger partial charge is 0.234 e. The number of hydrogen-bond donors (Lipinski definition) is 1.